The summed E-state index contributed by atoms with van der Waals surface area (Å²) in [7, 11) is 0. The second-order valence-corrected chi connectivity index (χ2v) is 8.37. The van der Waals surface area contributed by atoms with Crippen LogP contribution < -0.4 is 16.0 Å². The molecule has 1 aromatic heterocycles. The number of anilines is 2. The minimum absolute atomic E-state index is 0.165. The Morgan fingerprint density at radius 2 is 1.83 bits per heavy atom. The summed E-state index contributed by atoms with van der Waals surface area (Å²) in [4.78, 5) is 40.9. The van der Waals surface area contributed by atoms with Crippen LogP contribution in [0.2, 0.25) is 0 Å². The molecule has 1 aliphatic heterocycles. The molecule has 0 fully saturated rings. The quantitative estimate of drug-likeness (QED) is 0.327. The van der Waals surface area contributed by atoms with E-state index in [-0.39, 0.29) is 17.9 Å². The first-order valence-electron chi connectivity index (χ1n) is 11.2. The number of nitrogens with one attached hydrogen (secondary N) is 4. The molecule has 3 aromatic rings. The van der Waals surface area contributed by atoms with Crippen molar-refractivity contribution in [2.45, 2.75) is 33.7 Å². The molecule has 0 radical (unpaired) electrons. The van der Waals surface area contributed by atoms with Crippen LogP contribution in [0.5, 0.6) is 0 Å². The molecule has 0 spiro atoms. The van der Waals surface area contributed by atoms with Crippen molar-refractivity contribution in [1.82, 2.24) is 10.3 Å². The van der Waals surface area contributed by atoms with Gasteiger partial charge in [0.1, 0.15) is 0 Å². The number of rotatable bonds is 5. The molecule has 7 heteroatoms. The fourth-order valence-corrected chi connectivity index (χ4v) is 4.09. The molecular weight excluding hydrogens is 440 g/mol. The number of fused-ring (bicyclic) bond motifs is 1. The standard InChI is InChI=1S/C28H26N4O3/c1-5-9-25(33)32-26-16(2)24(29-18(26)4)15-22-21-14-20(12-13-23(21)31-28(22)35)27(34)30-17(3)19-10-7-6-8-11-19/h6-8,10-15,17,29H,1-4H3,(H,30,34)(H,31,35)(H,32,33)/b22-15-. The van der Waals surface area contributed by atoms with Crippen molar-refractivity contribution in [3.8, 4) is 11.8 Å². The van der Waals surface area contributed by atoms with Crippen LogP contribution in [-0.2, 0) is 9.59 Å². The minimum atomic E-state index is -0.402. The van der Waals surface area contributed by atoms with Gasteiger partial charge in [0.05, 0.1) is 17.3 Å². The molecule has 0 saturated heterocycles. The van der Waals surface area contributed by atoms with Gasteiger partial charge < -0.3 is 20.9 Å². The van der Waals surface area contributed by atoms with Crippen molar-refractivity contribution < 1.29 is 14.4 Å². The van der Waals surface area contributed by atoms with Crippen LogP contribution in [0.4, 0.5) is 11.4 Å². The van der Waals surface area contributed by atoms with Gasteiger partial charge >= 0.3 is 0 Å². The predicted octanol–water partition coefficient (Wildman–Crippen LogP) is 4.58. The molecule has 4 rings (SSSR count). The highest BCUT2D eigenvalue weighted by molar-refractivity contribution is 6.35. The topological polar surface area (TPSA) is 103 Å². The smallest absolute Gasteiger partial charge is 0.300 e. The monoisotopic (exact) mass is 466 g/mol. The molecule has 1 aliphatic rings. The van der Waals surface area contributed by atoms with E-state index in [1.807, 2.05) is 51.1 Å². The number of carbonyl (C=O) groups is 3. The summed E-state index contributed by atoms with van der Waals surface area (Å²) in [5, 5.41) is 8.64. The van der Waals surface area contributed by atoms with Gasteiger partial charge in [0.25, 0.3) is 17.7 Å². The Bertz CT molecular complexity index is 1420. The fraction of sp³-hybridized carbons (Fsp3) is 0.179. The van der Waals surface area contributed by atoms with Crippen LogP contribution in [0.3, 0.4) is 0 Å². The summed E-state index contributed by atoms with van der Waals surface area (Å²) in [6.45, 7) is 7.21. The summed E-state index contributed by atoms with van der Waals surface area (Å²) in [5.74, 6) is 4.15. The maximum Gasteiger partial charge on any atom is 0.300 e. The average molecular weight is 467 g/mol. The fourth-order valence-electron chi connectivity index (χ4n) is 4.09. The SMILES string of the molecule is CC#CC(=O)Nc1c(C)[nH]c(/C=C2\C(=O)Nc3ccc(C(=O)NC(C)c4ccccc4)cc32)c1C. The lowest BCUT2D eigenvalue weighted by Crippen LogP contribution is -2.26. The van der Waals surface area contributed by atoms with Crippen LogP contribution in [-0.4, -0.2) is 22.7 Å². The zero-order chi connectivity index (χ0) is 25.1. The lowest BCUT2D eigenvalue weighted by Gasteiger charge is -2.14. The molecule has 4 N–H and O–H groups in total. The molecule has 0 aliphatic carbocycles. The third-order valence-electron chi connectivity index (χ3n) is 5.95. The van der Waals surface area contributed by atoms with Crippen molar-refractivity contribution >= 4 is 40.7 Å². The van der Waals surface area contributed by atoms with E-state index in [2.05, 4.69) is 32.8 Å². The molecule has 3 amide bonds. The van der Waals surface area contributed by atoms with Gasteiger partial charge in [-0.2, -0.15) is 0 Å². The molecule has 0 bridgehead atoms. The van der Waals surface area contributed by atoms with Crippen LogP contribution in [0.15, 0.2) is 48.5 Å². The lowest BCUT2D eigenvalue weighted by atomic mass is 10.0. The Labute approximate surface area is 204 Å². The Morgan fingerprint density at radius 1 is 1.09 bits per heavy atom. The molecule has 2 aromatic carbocycles. The number of hydrogen-bond acceptors (Lipinski definition) is 3. The Morgan fingerprint density at radius 3 is 2.54 bits per heavy atom. The number of aromatic amines is 1. The summed E-state index contributed by atoms with van der Waals surface area (Å²) in [5.41, 5.74) is 6.03. The molecule has 1 unspecified atom stereocenters. The number of aryl methyl sites for hydroxylation is 1. The van der Waals surface area contributed by atoms with Crippen molar-refractivity contribution in [2.24, 2.45) is 0 Å². The van der Waals surface area contributed by atoms with E-state index in [0.29, 0.717) is 33.8 Å². The van der Waals surface area contributed by atoms with Crippen LogP contribution >= 0.6 is 0 Å². The lowest BCUT2D eigenvalue weighted by molar-refractivity contribution is -0.111. The Hall–Kier alpha value is -4.57. The van der Waals surface area contributed by atoms with Crippen molar-refractivity contribution in [2.75, 3.05) is 10.6 Å². The Kier molecular flexibility index (Phi) is 6.56. The zero-order valence-electron chi connectivity index (χ0n) is 20.0. The van der Waals surface area contributed by atoms with E-state index < -0.39 is 5.91 Å². The molecule has 176 valence electrons. The van der Waals surface area contributed by atoms with E-state index in [1.165, 1.54) is 0 Å². The number of hydrogen-bond donors (Lipinski definition) is 4. The maximum atomic E-state index is 12.9. The largest absolute Gasteiger partial charge is 0.357 e. The third-order valence-corrected chi connectivity index (χ3v) is 5.95. The van der Waals surface area contributed by atoms with Crippen LogP contribution in [0.1, 0.15) is 58.3 Å². The third kappa shape index (κ3) is 4.87. The summed E-state index contributed by atoms with van der Waals surface area (Å²) >= 11 is 0. The number of amides is 3. The van der Waals surface area contributed by atoms with Gasteiger partial charge in [-0.1, -0.05) is 36.3 Å². The van der Waals surface area contributed by atoms with Gasteiger partial charge in [0.2, 0.25) is 0 Å². The van der Waals surface area contributed by atoms with E-state index in [4.69, 9.17) is 0 Å². The van der Waals surface area contributed by atoms with Gasteiger partial charge in [-0.3, -0.25) is 14.4 Å². The normalized spacial score (nSPS) is 13.9. The first-order valence-corrected chi connectivity index (χ1v) is 11.2. The molecular formula is C28H26N4O3. The number of H-pyrrole nitrogens is 1. The highest BCUT2D eigenvalue weighted by atomic mass is 16.2. The molecule has 0 saturated carbocycles. The molecule has 2 heterocycles. The molecule has 7 nitrogen and oxygen atoms in total. The van der Waals surface area contributed by atoms with Crippen LogP contribution in [0, 0.1) is 25.7 Å². The first kappa shape index (κ1) is 23.6. The molecule has 1 atom stereocenters. The highest BCUT2D eigenvalue weighted by Gasteiger charge is 2.26. The summed E-state index contributed by atoms with van der Waals surface area (Å²) < 4.78 is 0. The second kappa shape index (κ2) is 9.74. The summed E-state index contributed by atoms with van der Waals surface area (Å²) in [6.07, 6.45) is 1.74. The van der Waals surface area contributed by atoms with E-state index in [9.17, 15) is 14.4 Å². The Balaban J connectivity index is 1.63. The van der Waals surface area contributed by atoms with E-state index in [0.717, 1.165) is 16.8 Å². The molecule has 35 heavy (non-hydrogen) atoms. The zero-order valence-corrected chi connectivity index (χ0v) is 20.0. The predicted molar refractivity (Wildman–Crippen MR) is 138 cm³/mol. The number of aromatic nitrogens is 1. The average Bonchev–Trinajstić information content (AvgIpc) is 3.29. The highest BCUT2D eigenvalue weighted by Crippen LogP contribution is 2.35. The number of carbonyl (C=O) groups excluding carboxylic acids is 3. The van der Waals surface area contributed by atoms with Crippen LogP contribution in [0.25, 0.3) is 11.6 Å². The maximum absolute atomic E-state index is 12.9. The second-order valence-electron chi connectivity index (χ2n) is 8.37. The van der Waals surface area contributed by atoms with Gasteiger partial charge in [-0.15, -0.1) is 0 Å². The van der Waals surface area contributed by atoms with Gasteiger partial charge in [0.15, 0.2) is 0 Å². The minimum Gasteiger partial charge on any atom is -0.357 e. The van der Waals surface area contributed by atoms with E-state index in [1.54, 1.807) is 31.2 Å². The summed E-state index contributed by atoms with van der Waals surface area (Å²) in [6, 6.07) is 14.7. The number of benzene rings is 2. The first-order chi connectivity index (χ1) is 16.8. The van der Waals surface area contributed by atoms with E-state index >= 15 is 0 Å². The van der Waals surface area contributed by atoms with Crippen molar-refractivity contribution in [3.63, 3.8) is 0 Å². The van der Waals surface area contributed by atoms with Gasteiger partial charge in [-0.05, 0) is 69.0 Å². The van der Waals surface area contributed by atoms with Gasteiger partial charge in [0, 0.05) is 28.2 Å². The van der Waals surface area contributed by atoms with Crippen molar-refractivity contribution in [1.29, 1.82) is 0 Å². The van der Waals surface area contributed by atoms with Gasteiger partial charge in [-0.25, -0.2) is 0 Å². The van der Waals surface area contributed by atoms with Crippen molar-refractivity contribution in [3.05, 3.63) is 82.2 Å².